The van der Waals surface area contributed by atoms with Gasteiger partial charge in [-0.2, -0.15) is 0 Å². The van der Waals surface area contributed by atoms with Crippen LogP contribution >= 0.6 is 0 Å². The van der Waals surface area contributed by atoms with E-state index in [2.05, 4.69) is 6.92 Å². The van der Waals surface area contributed by atoms with Crippen molar-refractivity contribution in [3.63, 3.8) is 0 Å². The van der Waals surface area contributed by atoms with Gasteiger partial charge in [0.05, 0.1) is 6.61 Å². The van der Waals surface area contributed by atoms with Gasteiger partial charge in [0.1, 0.15) is 0 Å². The molecule has 0 amide bonds. The maximum atomic E-state index is 10.1. The van der Waals surface area contributed by atoms with E-state index in [4.69, 9.17) is 9.47 Å². The summed E-state index contributed by atoms with van der Waals surface area (Å²) in [6, 6.07) is 0. The Hall–Kier alpha value is -0.120. The summed E-state index contributed by atoms with van der Waals surface area (Å²) in [7, 11) is 0. The maximum absolute atomic E-state index is 10.1. The molecule has 3 nitrogen and oxygen atoms in total. The summed E-state index contributed by atoms with van der Waals surface area (Å²) >= 11 is 0. The molecule has 0 aliphatic rings. The summed E-state index contributed by atoms with van der Waals surface area (Å²) in [4.78, 5) is 0. The van der Waals surface area contributed by atoms with Crippen LogP contribution in [0, 0.1) is 0 Å². The van der Waals surface area contributed by atoms with Crippen LogP contribution in [0.3, 0.4) is 0 Å². The molecule has 0 heterocycles. The fraction of sp³-hybridized carbons (Fsp3) is 1.00. The standard InChI is InChI=1S/C12H25O3/c1-2-3-9-14-11-6-7-12-15-10-5-4-8-13/h2-12H2,1H3. The van der Waals surface area contributed by atoms with Crippen LogP contribution in [0.1, 0.15) is 45.4 Å². The normalized spacial score (nSPS) is 10.8. The average Bonchev–Trinajstić information content (AvgIpc) is 2.26. The van der Waals surface area contributed by atoms with Crippen molar-refractivity contribution < 1.29 is 14.6 Å². The molecule has 0 atom stereocenters. The topological polar surface area (TPSA) is 38.4 Å². The summed E-state index contributed by atoms with van der Waals surface area (Å²) in [5.41, 5.74) is 0. The van der Waals surface area contributed by atoms with Crippen molar-refractivity contribution in [2.45, 2.75) is 45.4 Å². The van der Waals surface area contributed by atoms with Crippen LogP contribution in [-0.2, 0) is 14.6 Å². The van der Waals surface area contributed by atoms with Crippen LogP contribution in [0.4, 0.5) is 0 Å². The lowest BCUT2D eigenvalue weighted by atomic mass is 10.3. The molecule has 0 N–H and O–H groups in total. The highest BCUT2D eigenvalue weighted by molar-refractivity contribution is 4.40. The van der Waals surface area contributed by atoms with Crippen molar-refractivity contribution in [1.29, 1.82) is 0 Å². The highest BCUT2D eigenvalue weighted by atomic mass is 16.5. The molecular weight excluding hydrogens is 192 g/mol. The third kappa shape index (κ3) is 13.9. The summed E-state index contributed by atoms with van der Waals surface area (Å²) in [6.45, 7) is 5.47. The van der Waals surface area contributed by atoms with E-state index in [-0.39, 0.29) is 6.61 Å². The first-order valence-corrected chi connectivity index (χ1v) is 6.15. The molecule has 0 saturated heterocycles. The van der Waals surface area contributed by atoms with E-state index in [1.54, 1.807) is 0 Å². The molecule has 0 rings (SSSR count). The molecule has 0 aromatic heterocycles. The Morgan fingerprint density at radius 1 is 0.733 bits per heavy atom. The third-order valence-electron chi connectivity index (χ3n) is 2.15. The minimum atomic E-state index is 0.0224. The maximum Gasteiger partial charge on any atom is 0.0823 e. The van der Waals surface area contributed by atoms with Crippen molar-refractivity contribution in [2.75, 3.05) is 33.0 Å². The zero-order valence-electron chi connectivity index (χ0n) is 10.0. The van der Waals surface area contributed by atoms with Gasteiger partial charge in [0.25, 0.3) is 0 Å². The van der Waals surface area contributed by atoms with E-state index in [1.807, 2.05) is 0 Å². The van der Waals surface area contributed by atoms with Gasteiger partial charge in [-0.15, -0.1) is 0 Å². The van der Waals surface area contributed by atoms with Gasteiger partial charge in [-0.05, 0) is 32.1 Å². The fourth-order valence-corrected chi connectivity index (χ4v) is 1.16. The van der Waals surface area contributed by atoms with E-state index in [9.17, 15) is 5.11 Å². The Morgan fingerprint density at radius 2 is 1.20 bits per heavy atom. The van der Waals surface area contributed by atoms with Gasteiger partial charge in [0.2, 0.25) is 0 Å². The van der Waals surface area contributed by atoms with Gasteiger partial charge >= 0.3 is 0 Å². The zero-order valence-corrected chi connectivity index (χ0v) is 10.0. The Balaban J connectivity index is 2.81. The first kappa shape index (κ1) is 14.9. The molecule has 0 aliphatic heterocycles. The minimum absolute atomic E-state index is 0.0224. The predicted molar refractivity (Wildman–Crippen MR) is 60.6 cm³/mol. The van der Waals surface area contributed by atoms with E-state index in [0.717, 1.165) is 58.5 Å². The minimum Gasteiger partial charge on any atom is -0.381 e. The molecular formula is C12H25O3. The van der Waals surface area contributed by atoms with Crippen molar-refractivity contribution >= 4 is 0 Å². The van der Waals surface area contributed by atoms with Crippen molar-refractivity contribution in [2.24, 2.45) is 0 Å². The monoisotopic (exact) mass is 217 g/mol. The predicted octanol–water partition coefficient (Wildman–Crippen LogP) is 2.81. The second kappa shape index (κ2) is 13.9. The molecule has 0 saturated carbocycles. The van der Waals surface area contributed by atoms with E-state index in [1.165, 1.54) is 6.42 Å². The van der Waals surface area contributed by atoms with E-state index >= 15 is 0 Å². The van der Waals surface area contributed by atoms with E-state index in [0.29, 0.717) is 0 Å². The number of unbranched alkanes of at least 4 members (excludes halogenated alkanes) is 3. The largest absolute Gasteiger partial charge is 0.381 e. The Bertz CT molecular complexity index is 95.0. The highest BCUT2D eigenvalue weighted by Gasteiger charge is 1.91. The average molecular weight is 217 g/mol. The molecule has 0 spiro atoms. The molecule has 1 radical (unpaired) electrons. The van der Waals surface area contributed by atoms with E-state index < -0.39 is 0 Å². The van der Waals surface area contributed by atoms with Crippen LogP contribution < -0.4 is 0 Å². The van der Waals surface area contributed by atoms with Gasteiger partial charge in [-0.3, -0.25) is 0 Å². The highest BCUT2D eigenvalue weighted by Crippen LogP contribution is 1.95. The van der Waals surface area contributed by atoms with Crippen molar-refractivity contribution in [1.82, 2.24) is 0 Å². The molecule has 0 aromatic carbocycles. The number of rotatable bonds is 12. The molecule has 3 heteroatoms. The first-order valence-electron chi connectivity index (χ1n) is 6.15. The smallest absolute Gasteiger partial charge is 0.0823 e. The SMILES string of the molecule is CCCCOCCCCOCCCC[O]. The molecule has 15 heavy (non-hydrogen) atoms. The Kier molecular flexibility index (Phi) is 13.8. The quantitative estimate of drug-likeness (QED) is 0.471. The lowest BCUT2D eigenvalue weighted by molar-refractivity contribution is 0.0952. The van der Waals surface area contributed by atoms with Gasteiger partial charge in [0.15, 0.2) is 0 Å². The molecule has 0 aliphatic carbocycles. The van der Waals surface area contributed by atoms with Crippen LogP contribution in [-0.4, -0.2) is 33.0 Å². The van der Waals surface area contributed by atoms with Gasteiger partial charge in [-0.1, -0.05) is 13.3 Å². The van der Waals surface area contributed by atoms with Crippen LogP contribution in [0.15, 0.2) is 0 Å². The van der Waals surface area contributed by atoms with Crippen LogP contribution in [0.2, 0.25) is 0 Å². The second-order valence-corrected chi connectivity index (χ2v) is 3.70. The van der Waals surface area contributed by atoms with Crippen LogP contribution in [0.5, 0.6) is 0 Å². The Morgan fingerprint density at radius 3 is 1.67 bits per heavy atom. The number of ether oxygens (including phenoxy) is 2. The van der Waals surface area contributed by atoms with Gasteiger partial charge in [0, 0.05) is 26.4 Å². The summed E-state index contributed by atoms with van der Waals surface area (Å²) < 4.78 is 10.8. The van der Waals surface area contributed by atoms with Gasteiger partial charge in [-0.25, -0.2) is 5.11 Å². The van der Waals surface area contributed by atoms with Crippen molar-refractivity contribution in [3.8, 4) is 0 Å². The molecule has 0 unspecified atom stereocenters. The number of hydrogen-bond acceptors (Lipinski definition) is 2. The lowest BCUT2D eigenvalue weighted by Gasteiger charge is -2.04. The molecule has 0 fully saturated rings. The summed E-state index contributed by atoms with van der Waals surface area (Å²) in [5, 5.41) is 10.1. The van der Waals surface area contributed by atoms with Crippen LogP contribution in [0.25, 0.3) is 0 Å². The fourth-order valence-electron chi connectivity index (χ4n) is 1.16. The lowest BCUT2D eigenvalue weighted by Crippen LogP contribution is -2.01. The zero-order chi connectivity index (χ0) is 11.2. The summed E-state index contributed by atoms with van der Waals surface area (Å²) in [6.07, 6.45) is 6.12. The number of hydrogen-bond donors (Lipinski definition) is 0. The van der Waals surface area contributed by atoms with Gasteiger partial charge < -0.3 is 9.47 Å². The first-order chi connectivity index (χ1) is 7.41. The van der Waals surface area contributed by atoms with Crippen molar-refractivity contribution in [3.05, 3.63) is 0 Å². The molecule has 91 valence electrons. The summed E-state index contributed by atoms with van der Waals surface area (Å²) in [5.74, 6) is 0. The Labute approximate surface area is 93.8 Å². The molecule has 0 aromatic rings. The third-order valence-corrected chi connectivity index (χ3v) is 2.15. The molecule has 0 bridgehead atoms. The second-order valence-electron chi connectivity index (χ2n) is 3.70.